The van der Waals surface area contributed by atoms with Gasteiger partial charge < -0.3 is 15.3 Å². The van der Waals surface area contributed by atoms with Gasteiger partial charge in [0.25, 0.3) is 0 Å². The molecule has 0 radical (unpaired) electrons. The minimum Gasteiger partial charge on any atom is -0.477 e. The topological polar surface area (TPSA) is 78.4 Å². The number of hydrogen-bond acceptors (Lipinski definition) is 7. The van der Waals surface area contributed by atoms with Gasteiger partial charge in [0.2, 0.25) is 0 Å². The first-order chi connectivity index (χ1) is 13.2. The predicted molar refractivity (Wildman–Crippen MR) is 111 cm³/mol. The molecule has 2 heterocycles. The van der Waals surface area contributed by atoms with Gasteiger partial charge >= 0.3 is 5.97 Å². The fraction of sp³-hybridized carbons (Fsp3) is 0.421. The van der Waals surface area contributed by atoms with Crippen molar-refractivity contribution in [2.45, 2.75) is 28.8 Å². The lowest BCUT2D eigenvalue weighted by Crippen LogP contribution is -2.26. The summed E-state index contributed by atoms with van der Waals surface area (Å²) in [5.74, 6) is 0.0811. The maximum atomic E-state index is 11.9. The fourth-order valence-electron chi connectivity index (χ4n) is 3.00. The molecular formula is C19H24N4O2S2. The van der Waals surface area contributed by atoms with Gasteiger partial charge in [0.05, 0.1) is 0 Å². The van der Waals surface area contributed by atoms with Gasteiger partial charge in [-0.25, -0.2) is 14.8 Å². The Hall–Kier alpha value is -1.77. The van der Waals surface area contributed by atoms with Crippen molar-refractivity contribution in [2.75, 3.05) is 37.8 Å². The summed E-state index contributed by atoms with van der Waals surface area (Å²) in [6.45, 7) is 3.80. The van der Waals surface area contributed by atoms with E-state index in [4.69, 9.17) is 0 Å². The number of rotatable bonds is 9. The Morgan fingerprint density at radius 3 is 2.63 bits per heavy atom. The van der Waals surface area contributed by atoms with E-state index < -0.39 is 5.97 Å². The standard InChI is InChI=1S/C19H24N4O2S2/c1-26-19-21-16(20-9-12-23-10-5-6-11-23)15(18(24)25)17(22-19)27-13-14-7-3-2-4-8-14/h2-4,7-8H,5-6,9-13H2,1H3,(H,24,25)(H,20,21,22). The van der Waals surface area contributed by atoms with Crippen molar-refractivity contribution in [1.82, 2.24) is 14.9 Å². The number of benzene rings is 1. The zero-order chi connectivity index (χ0) is 19.1. The van der Waals surface area contributed by atoms with Crippen LogP contribution in [0.15, 0.2) is 40.5 Å². The Morgan fingerprint density at radius 1 is 1.22 bits per heavy atom. The molecule has 3 rings (SSSR count). The van der Waals surface area contributed by atoms with Gasteiger partial charge in [0.15, 0.2) is 5.16 Å². The van der Waals surface area contributed by atoms with Gasteiger partial charge in [0, 0.05) is 18.8 Å². The van der Waals surface area contributed by atoms with E-state index in [2.05, 4.69) is 20.2 Å². The van der Waals surface area contributed by atoms with Crippen molar-refractivity contribution in [2.24, 2.45) is 0 Å². The van der Waals surface area contributed by atoms with Crippen molar-refractivity contribution in [3.8, 4) is 0 Å². The minimum atomic E-state index is -0.998. The molecule has 0 unspecified atom stereocenters. The highest BCUT2D eigenvalue weighted by Crippen LogP contribution is 2.30. The number of carboxylic acid groups (broad SMARTS) is 1. The van der Waals surface area contributed by atoms with E-state index in [9.17, 15) is 9.90 Å². The average molecular weight is 405 g/mol. The van der Waals surface area contributed by atoms with Gasteiger partial charge in [-0.3, -0.25) is 0 Å². The molecule has 1 aromatic heterocycles. The molecule has 0 amide bonds. The molecule has 0 bridgehead atoms. The Balaban J connectivity index is 1.76. The summed E-state index contributed by atoms with van der Waals surface area (Å²) in [6.07, 6.45) is 4.38. The van der Waals surface area contributed by atoms with E-state index in [1.807, 2.05) is 36.6 Å². The normalized spacial score (nSPS) is 14.4. The van der Waals surface area contributed by atoms with E-state index in [0.717, 1.165) is 25.2 Å². The van der Waals surface area contributed by atoms with E-state index in [0.29, 0.717) is 28.3 Å². The van der Waals surface area contributed by atoms with Crippen LogP contribution in [0.4, 0.5) is 5.82 Å². The van der Waals surface area contributed by atoms with Crippen LogP contribution in [-0.4, -0.2) is 58.4 Å². The van der Waals surface area contributed by atoms with Crippen LogP contribution in [0.3, 0.4) is 0 Å². The maximum Gasteiger partial charge on any atom is 0.342 e. The summed E-state index contributed by atoms with van der Waals surface area (Å²) in [5.41, 5.74) is 1.29. The molecule has 6 nitrogen and oxygen atoms in total. The second-order valence-electron chi connectivity index (χ2n) is 6.29. The second kappa shape index (κ2) is 9.96. The third-order valence-corrected chi connectivity index (χ3v) is 5.98. The fourth-order valence-corrected chi connectivity index (χ4v) is 4.40. The SMILES string of the molecule is CSc1nc(NCCN2CCCC2)c(C(=O)O)c(SCc2ccccc2)n1. The summed E-state index contributed by atoms with van der Waals surface area (Å²) in [5, 5.41) is 14.1. The first-order valence-corrected chi connectivity index (χ1v) is 11.2. The van der Waals surface area contributed by atoms with Crippen LogP contribution in [0.5, 0.6) is 0 Å². The summed E-state index contributed by atoms with van der Waals surface area (Å²) >= 11 is 2.85. The highest BCUT2D eigenvalue weighted by atomic mass is 32.2. The third-order valence-electron chi connectivity index (χ3n) is 4.39. The van der Waals surface area contributed by atoms with Gasteiger partial charge in [-0.05, 0) is 37.8 Å². The molecule has 8 heteroatoms. The molecule has 2 N–H and O–H groups in total. The molecule has 1 aliphatic rings. The Kier molecular flexibility index (Phi) is 7.37. The van der Waals surface area contributed by atoms with Crippen LogP contribution in [0.25, 0.3) is 0 Å². The summed E-state index contributed by atoms with van der Waals surface area (Å²) < 4.78 is 0. The number of anilines is 1. The molecule has 0 saturated carbocycles. The molecule has 1 saturated heterocycles. The average Bonchev–Trinajstić information content (AvgIpc) is 3.20. The van der Waals surface area contributed by atoms with Crippen LogP contribution < -0.4 is 5.32 Å². The first-order valence-electron chi connectivity index (χ1n) is 8.99. The smallest absolute Gasteiger partial charge is 0.342 e. The van der Waals surface area contributed by atoms with Crippen molar-refractivity contribution < 1.29 is 9.90 Å². The maximum absolute atomic E-state index is 11.9. The number of aromatic nitrogens is 2. The van der Waals surface area contributed by atoms with Crippen LogP contribution in [-0.2, 0) is 5.75 Å². The number of nitrogens with one attached hydrogen (secondary N) is 1. The Labute approximate surface area is 168 Å². The molecule has 1 aromatic carbocycles. The van der Waals surface area contributed by atoms with E-state index >= 15 is 0 Å². The molecule has 144 valence electrons. The number of carbonyl (C=O) groups is 1. The largest absolute Gasteiger partial charge is 0.477 e. The van der Waals surface area contributed by atoms with Crippen molar-refractivity contribution >= 4 is 35.3 Å². The van der Waals surface area contributed by atoms with Crippen LogP contribution in [0.1, 0.15) is 28.8 Å². The number of nitrogens with zero attached hydrogens (tertiary/aromatic N) is 3. The summed E-state index contributed by atoms with van der Waals surface area (Å²) in [7, 11) is 0. The Morgan fingerprint density at radius 2 is 1.96 bits per heavy atom. The zero-order valence-corrected chi connectivity index (χ0v) is 17.0. The van der Waals surface area contributed by atoms with Crippen molar-refractivity contribution in [3.05, 3.63) is 41.5 Å². The molecule has 0 spiro atoms. The number of carboxylic acids is 1. The zero-order valence-electron chi connectivity index (χ0n) is 15.4. The predicted octanol–water partition coefficient (Wildman–Crippen LogP) is 3.70. The molecule has 1 aliphatic heterocycles. The van der Waals surface area contributed by atoms with Gasteiger partial charge in [-0.2, -0.15) is 0 Å². The summed E-state index contributed by atoms with van der Waals surface area (Å²) in [4.78, 5) is 23.2. The van der Waals surface area contributed by atoms with E-state index in [-0.39, 0.29) is 5.56 Å². The van der Waals surface area contributed by atoms with E-state index in [1.165, 1.54) is 36.4 Å². The molecule has 2 aromatic rings. The quantitative estimate of drug-likeness (QED) is 0.372. The van der Waals surface area contributed by atoms with E-state index in [1.54, 1.807) is 0 Å². The number of aromatic carboxylic acids is 1. The Bertz CT molecular complexity index is 768. The highest BCUT2D eigenvalue weighted by molar-refractivity contribution is 7.99. The van der Waals surface area contributed by atoms with Gasteiger partial charge in [-0.15, -0.1) is 11.8 Å². The molecule has 1 fully saturated rings. The molecular weight excluding hydrogens is 380 g/mol. The monoisotopic (exact) mass is 404 g/mol. The van der Waals surface area contributed by atoms with Crippen molar-refractivity contribution in [3.63, 3.8) is 0 Å². The molecule has 0 atom stereocenters. The van der Waals surface area contributed by atoms with Gasteiger partial charge in [0.1, 0.15) is 16.4 Å². The van der Waals surface area contributed by atoms with Gasteiger partial charge in [-0.1, -0.05) is 42.1 Å². The number of hydrogen-bond donors (Lipinski definition) is 2. The molecule has 0 aliphatic carbocycles. The number of thioether (sulfide) groups is 2. The van der Waals surface area contributed by atoms with Crippen LogP contribution >= 0.6 is 23.5 Å². The first kappa shape index (κ1) is 20.0. The number of likely N-dealkylation sites (tertiary alicyclic amines) is 1. The second-order valence-corrected chi connectivity index (χ2v) is 8.03. The lowest BCUT2D eigenvalue weighted by molar-refractivity contribution is 0.0692. The summed E-state index contributed by atoms with van der Waals surface area (Å²) in [6, 6.07) is 9.98. The van der Waals surface area contributed by atoms with Crippen molar-refractivity contribution in [1.29, 1.82) is 0 Å². The van der Waals surface area contributed by atoms with Crippen LogP contribution in [0.2, 0.25) is 0 Å². The third kappa shape index (κ3) is 5.60. The minimum absolute atomic E-state index is 0.162. The molecule has 27 heavy (non-hydrogen) atoms. The highest BCUT2D eigenvalue weighted by Gasteiger charge is 2.21. The lowest BCUT2D eigenvalue weighted by Gasteiger charge is -2.17. The van der Waals surface area contributed by atoms with Crippen LogP contribution in [0, 0.1) is 0 Å². The lowest BCUT2D eigenvalue weighted by atomic mass is 10.2.